The normalized spacial score (nSPS) is 12.4. The van der Waals surface area contributed by atoms with Crippen LogP contribution in [0.2, 0.25) is 0 Å². The van der Waals surface area contributed by atoms with E-state index >= 15 is 0 Å². The minimum atomic E-state index is 0.281. The molecule has 5 heteroatoms. The van der Waals surface area contributed by atoms with Gasteiger partial charge < -0.3 is 14.6 Å². The Bertz CT molecular complexity index is 513. The molecular formula is C14H18BrN3O. The molecule has 4 nitrogen and oxygen atoms in total. The molecule has 0 amide bonds. The third-order valence-corrected chi connectivity index (χ3v) is 3.74. The van der Waals surface area contributed by atoms with E-state index in [-0.39, 0.29) is 6.04 Å². The number of rotatable bonds is 6. The van der Waals surface area contributed by atoms with Gasteiger partial charge in [0.2, 0.25) is 0 Å². The summed E-state index contributed by atoms with van der Waals surface area (Å²) in [4.78, 5) is 4.03. The van der Waals surface area contributed by atoms with Gasteiger partial charge in [0.15, 0.2) is 0 Å². The average Bonchev–Trinajstić information content (AvgIpc) is 2.91. The van der Waals surface area contributed by atoms with E-state index in [1.165, 1.54) is 5.56 Å². The Balaban J connectivity index is 1.90. The number of hydrogen-bond donors (Lipinski definition) is 1. The molecule has 2 aromatic rings. The number of benzene rings is 1. The number of nitrogens with zero attached hydrogens (tertiary/aromatic N) is 2. The summed E-state index contributed by atoms with van der Waals surface area (Å²) in [5.41, 5.74) is 1.23. The lowest BCUT2D eigenvalue weighted by molar-refractivity contribution is 0.414. The van der Waals surface area contributed by atoms with E-state index in [9.17, 15) is 0 Å². The average molecular weight is 324 g/mol. The number of imidazole rings is 1. The Hall–Kier alpha value is -1.33. The molecule has 2 rings (SSSR count). The van der Waals surface area contributed by atoms with E-state index in [0.717, 1.165) is 23.3 Å². The highest BCUT2D eigenvalue weighted by Crippen LogP contribution is 2.27. The number of nitrogens with one attached hydrogen (secondary N) is 1. The maximum absolute atomic E-state index is 5.20. The molecular weight excluding hydrogens is 306 g/mol. The van der Waals surface area contributed by atoms with Crippen LogP contribution < -0.4 is 10.1 Å². The molecule has 0 aliphatic heterocycles. The first-order chi connectivity index (χ1) is 9.20. The fraction of sp³-hybridized carbons (Fsp3) is 0.357. The van der Waals surface area contributed by atoms with Crippen molar-refractivity contribution in [3.05, 3.63) is 47.0 Å². The van der Waals surface area contributed by atoms with Crippen LogP contribution in [0.4, 0.5) is 0 Å². The molecule has 1 aromatic heterocycles. The van der Waals surface area contributed by atoms with Gasteiger partial charge in [-0.15, -0.1) is 0 Å². The first kappa shape index (κ1) is 14.1. The number of methoxy groups -OCH3 is 1. The van der Waals surface area contributed by atoms with Crippen LogP contribution in [0, 0.1) is 0 Å². The summed E-state index contributed by atoms with van der Waals surface area (Å²) in [6.07, 6.45) is 5.59. The van der Waals surface area contributed by atoms with Gasteiger partial charge in [-0.05, 0) is 24.6 Å². The monoisotopic (exact) mass is 323 g/mol. The van der Waals surface area contributed by atoms with Crippen molar-refractivity contribution >= 4 is 15.9 Å². The number of hydrogen-bond acceptors (Lipinski definition) is 3. The van der Waals surface area contributed by atoms with Crippen LogP contribution in [0.3, 0.4) is 0 Å². The molecule has 0 saturated carbocycles. The van der Waals surface area contributed by atoms with Crippen molar-refractivity contribution in [2.45, 2.75) is 19.5 Å². The summed E-state index contributed by atoms with van der Waals surface area (Å²) in [7, 11) is 1.67. The van der Waals surface area contributed by atoms with Gasteiger partial charge >= 0.3 is 0 Å². The van der Waals surface area contributed by atoms with Crippen LogP contribution >= 0.6 is 15.9 Å². The van der Waals surface area contributed by atoms with Crippen LogP contribution in [-0.4, -0.2) is 23.2 Å². The zero-order valence-corrected chi connectivity index (χ0v) is 12.7. The first-order valence-corrected chi connectivity index (χ1v) is 7.02. The topological polar surface area (TPSA) is 39.1 Å². The van der Waals surface area contributed by atoms with E-state index < -0.39 is 0 Å². The van der Waals surface area contributed by atoms with E-state index in [4.69, 9.17) is 4.74 Å². The van der Waals surface area contributed by atoms with Gasteiger partial charge in [0, 0.05) is 36.0 Å². The highest BCUT2D eigenvalue weighted by Gasteiger charge is 2.09. The van der Waals surface area contributed by atoms with Crippen molar-refractivity contribution in [2.75, 3.05) is 13.7 Å². The summed E-state index contributed by atoms with van der Waals surface area (Å²) >= 11 is 3.58. The molecule has 0 saturated heterocycles. The standard InChI is InChI=1S/C14H18BrN3O/c1-11(17-6-8-18-7-5-16-10-18)13-4-3-12(19-2)9-14(13)15/h3-5,7,9-11,17H,6,8H2,1-2H3. The van der Waals surface area contributed by atoms with Gasteiger partial charge in [0.05, 0.1) is 13.4 Å². The summed E-state index contributed by atoms with van der Waals surface area (Å²) < 4.78 is 8.32. The quantitative estimate of drug-likeness (QED) is 0.888. The van der Waals surface area contributed by atoms with Crippen LogP contribution in [0.1, 0.15) is 18.5 Å². The van der Waals surface area contributed by atoms with Crippen molar-refractivity contribution in [2.24, 2.45) is 0 Å². The third-order valence-electron chi connectivity index (χ3n) is 3.05. The Morgan fingerprint density at radius 3 is 2.95 bits per heavy atom. The summed E-state index contributed by atoms with van der Waals surface area (Å²) in [6, 6.07) is 6.33. The maximum Gasteiger partial charge on any atom is 0.120 e. The van der Waals surface area contributed by atoms with Crippen LogP contribution in [0.15, 0.2) is 41.4 Å². The SMILES string of the molecule is COc1ccc(C(C)NCCn2ccnc2)c(Br)c1. The Kier molecular flexibility index (Phi) is 4.99. The Morgan fingerprint density at radius 2 is 2.32 bits per heavy atom. The van der Waals surface area contributed by atoms with Crippen molar-refractivity contribution in [3.63, 3.8) is 0 Å². The van der Waals surface area contributed by atoms with Crippen molar-refractivity contribution in [1.29, 1.82) is 0 Å². The smallest absolute Gasteiger partial charge is 0.120 e. The second-order valence-electron chi connectivity index (χ2n) is 4.36. The summed E-state index contributed by atoms with van der Waals surface area (Å²) in [6.45, 7) is 3.97. The summed E-state index contributed by atoms with van der Waals surface area (Å²) in [5, 5.41) is 3.50. The highest BCUT2D eigenvalue weighted by atomic mass is 79.9. The lowest BCUT2D eigenvalue weighted by Crippen LogP contribution is -2.23. The number of halogens is 1. The predicted molar refractivity (Wildman–Crippen MR) is 79.3 cm³/mol. The molecule has 1 unspecified atom stereocenters. The second kappa shape index (κ2) is 6.73. The molecule has 1 N–H and O–H groups in total. The maximum atomic E-state index is 5.20. The molecule has 0 radical (unpaired) electrons. The van der Waals surface area contributed by atoms with E-state index in [2.05, 4.69) is 43.8 Å². The molecule has 102 valence electrons. The van der Waals surface area contributed by atoms with Gasteiger partial charge in [-0.1, -0.05) is 22.0 Å². The second-order valence-corrected chi connectivity index (χ2v) is 5.22. The minimum Gasteiger partial charge on any atom is -0.497 e. The molecule has 0 aliphatic carbocycles. The molecule has 1 aromatic carbocycles. The molecule has 0 spiro atoms. The highest BCUT2D eigenvalue weighted by molar-refractivity contribution is 9.10. The predicted octanol–water partition coefficient (Wildman–Crippen LogP) is 3.01. The molecule has 0 bridgehead atoms. The van der Waals surface area contributed by atoms with Gasteiger partial charge in [-0.25, -0.2) is 4.98 Å². The molecule has 0 fully saturated rings. The minimum absolute atomic E-state index is 0.281. The van der Waals surface area contributed by atoms with Crippen LogP contribution in [0.25, 0.3) is 0 Å². The van der Waals surface area contributed by atoms with Gasteiger partial charge in [0.1, 0.15) is 5.75 Å². The Labute approximate surface area is 121 Å². The van der Waals surface area contributed by atoms with Crippen molar-refractivity contribution < 1.29 is 4.74 Å². The largest absolute Gasteiger partial charge is 0.497 e. The van der Waals surface area contributed by atoms with Gasteiger partial charge in [-0.2, -0.15) is 0 Å². The lowest BCUT2D eigenvalue weighted by atomic mass is 10.1. The fourth-order valence-electron chi connectivity index (χ4n) is 1.93. The molecule has 1 heterocycles. The van der Waals surface area contributed by atoms with E-state index in [1.54, 1.807) is 13.3 Å². The van der Waals surface area contributed by atoms with E-state index in [1.807, 2.05) is 24.7 Å². The Morgan fingerprint density at radius 1 is 1.47 bits per heavy atom. The third kappa shape index (κ3) is 3.81. The van der Waals surface area contributed by atoms with Crippen molar-refractivity contribution in [3.8, 4) is 5.75 Å². The fourth-order valence-corrected chi connectivity index (χ4v) is 2.63. The van der Waals surface area contributed by atoms with Gasteiger partial charge in [0.25, 0.3) is 0 Å². The van der Waals surface area contributed by atoms with Crippen LogP contribution in [0.5, 0.6) is 5.75 Å². The van der Waals surface area contributed by atoms with Crippen LogP contribution in [-0.2, 0) is 6.54 Å². The number of ether oxygens (including phenoxy) is 1. The molecule has 0 aliphatic rings. The first-order valence-electron chi connectivity index (χ1n) is 6.23. The van der Waals surface area contributed by atoms with Gasteiger partial charge in [-0.3, -0.25) is 0 Å². The molecule has 19 heavy (non-hydrogen) atoms. The van der Waals surface area contributed by atoms with E-state index in [0.29, 0.717) is 0 Å². The summed E-state index contributed by atoms with van der Waals surface area (Å²) in [5.74, 6) is 0.862. The molecule has 1 atom stereocenters. The number of aromatic nitrogens is 2. The zero-order valence-electron chi connectivity index (χ0n) is 11.1. The van der Waals surface area contributed by atoms with Crippen molar-refractivity contribution in [1.82, 2.24) is 14.9 Å². The zero-order chi connectivity index (χ0) is 13.7. The lowest BCUT2D eigenvalue weighted by Gasteiger charge is -2.16.